The van der Waals surface area contributed by atoms with E-state index in [1.807, 2.05) is 11.0 Å². The number of fused-ring (bicyclic) bond motifs is 4. The number of nitrogens with one attached hydrogen (secondary N) is 1. The van der Waals surface area contributed by atoms with Crippen molar-refractivity contribution in [1.29, 1.82) is 0 Å². The van der Waals surface area contributed by atoms with Crippen LogP contribution in [0.5, 0.6) is 0 Å². The second-order valence-electron chi connectivity index (χ2n) is 6.49. The fourth-order valence-corrected chi connectivity index (χ4v) is 4.41. The van der Waals surface area contributed by atoms with Gasteiger partial charge < -0.3 is 9.88 Å². The van der Waals surface area contributed by atoms with Crippen LogP contribution < -0.4 is 0 Å². The topological polar surface area (TPSA) is 39.3 Å². The SMILES string of the molecule is CCCCN1C(=O)C2Cc3c([nH]c4ccccc34)C(C)N2C1=S. The van der Waals surface area contributed by atoms with Gasteiger partial charge in [0.15, 0.2) is 5.11 Å². The lowest BCUT2D eigenvalue weighted by molar-refractivity contribution is -0.128. The van der Waals surface area contributed by atoms with E-state index in [0.29, 0.717) is 5.11 Å². The molecule has 2 aliphatic heterocycles. The molecule has 1 amide bonds. The minimum Gasteiger partial charge on any atom is -0.356 e. The molecular weight excluding hydrogens is 306 g/mol. The number of thiocarbonyl (C=S) groups is 1. The number of carbonyl (C=O) groups excluding carboxylic acids is 1. The Morgan fingerprint density at radius 1 is 1.35 bits per heavy atom. The molecule has 3 heterocycles. The first-order valence-corrected chi connectivity index (χ1v) is 8.77. The standard InChI is InChI=1S/C18H21N3OS/c1-3-4-9-20-17(22)15-10-13-12-7-5-6-8-14(12)19-16(13)11(2)21(15)18(20)23/h5-8,11,15,19H,3-4,9-10H2,1-2H3. The zero-order valence-electron chi connectivity index (χ0n) is 13.5. The Hall–Kier alpha value is -1.88. The van der Waals surface area contributed by atoms with Crippen molar-refractivity contribution in [2.45, 2.75) is 45.2 Å². The highest BCUT2D eigenvalue weighted by molar-refractivity contribution is 7.80. The average Bonchev–Trinajstić information content (AvgIpc) is 3.04. The Bertz CT molecular complexity index is 797. The van der Waals surface area contributed by atoms with E-state index >= 15 is 0 Å². The Labute approximate surface area is 141 Å². The van der Waals surface area contributed by atoms with E-state index in [9.17, 15) is 4.79 Å². The maximum Gasteiger partial charge on any atom is 0.251 e. The summed E-state index contributed by atoms with van der Waals surface area (Å²) in [5.41, 5.74) is 3.63. The van der Waals surface area contributed by atoms with Crippen molar-refractivity contribution in [3.63, 3.8) is 0 Å². The van der Waals surface area contributed by atoms with Crippen LogP contribution in [0.1, 0.15) is 44.0 Å². The summed E-state index contributed by atoms with van der Waals surface area (Å²) in [6.07, 6.45) is 2.80. The molecule has 4 rings (SSSR count). The van der Waals surface area contributed by atoms with E-state index in [0.717, 1.165) is 31.3 Å². The highest BCUT2D eigenvalue weighted by Gasteiger charge is 2.48. The quantitative estimate of drug-likeness (QED) is 0.879. The minimum absolute atomic E-state index is 0.110. The van der Waals surface area contributed by atoms with Crippen molar-refractivity contribution < 1.29 is 4.79 Å². The number of unbranched alkanes of at least 4 members (excludes halogenated alkanes) is 1. The third-order valence-corrected chi connectivity index (χ3v) is 5.58. The van der Waals surface area contributed by atoms with Crippen molar-refractivity contribution in [2.24, 2.45) is 0 Å². The van der Waals surface area contributed by atoms with Crippen molar-refractivity contribution >= 4 is 34.1 Å². The van der Waals surface area contributed by atoms with Gasteiger partial charge in [-0.2, -0.15) is 0 Å². The van der Waals surface area contributed by atoms with Gasteiger partial charge in [0, 0.05) is 29.6 Å². The number of hydrogen-bond donors (Lipinski definition) is 1. The summed E-state index contributed by atoms with van der Waals surface area (Å²) in [4.78, 5) is 20.3. The van der Waals surface area contributed by atoms with Crippen LogP contribution in [0.4, 0.5) is 0 Å². The van der Waals surface area contributed by atoms with E-state index in [4.69, 9.17) is 12.2 Å². The summed E-state index contributed by atoms with van der Waals surface area (Å²) in [6.45, 7) is 5.02. The van der Waals surface area contributed by atoms with Crippen LogP contribution in [0, 0.1) is 0 Å². The number of H-pyrrole nitrogens is 1. The third kappa shape index (κ3) is 2.02. The first-order valence-electron chi connectivity index (χ1n) is 8.36. The van der Waals surface area contributed by atoms with Gasteiger partial charge in [-0.15, -0.1) is 0 Å². The minimum atomic E-state index is -0.138. The number of nitrogens with zero attached hydrogens (tertiary/aromatic N) is 2. The molecule has 2 unspecified atom stereocenters. The molecule has 0 saturated carbocycles. The van der Waals surface area contributed by atoms with Crippen LogP contribution in [0.2, 0.25) is 0 Å². The van der Waals surface area contributed by atoms with Crippen molar-refractivity contribution in [3.05, 3.63) is 35.5 Å². The highest BCUT2D eigenvalue weighted by Crippen LogP contribution is 2.40. The number of para-hydroxylation sites is 1. The summed E-state index contributed by atoms with van der Waals surface area (Å²) in [6, 6.07) is 8.31. The maximum atomic E-state index is 12.9. The van der Waals surface area contributed by atoms with Crippen molar-refractivity contribution in [2.75, 3.05) is 6.54 Å². The van der Waals surface area contributed by atoms with Crippen LogP contribution >= 0.6 is 12.2 Å². The molecule has 1 N–H and O–H groups in total. The van der Waals surface area contributed by atoms with Gasteiger partial charge in [-0.1, -0.05) is 31.5 Å². The molecule has 4 nitrogen and oxygen atoms in total. The van der Waals surface area contributed by atoms with Crippen LogP contribution in [-0.2, 0) is 11.2 Å². The smallest absolute Gasteiger partial charge is 0.251 e. The predicted octanol–water partition coefficient (Wildman–Crippen LogP) is 3.38. The van der Waals surface area contributed by atoms with Gasteiger partial charge in [0.25, 0.3) is 5.91 Å². The summed E-state index contributed by atoms with van der Waals surface area (Å²) in [5.74, 6) is 0.172. The fourth-order valence-electron chi connectivity index (χ4n) is 3.94. The highest BCUT2D eigenvalue weighted by atomic mass is 32.1. The van der Waals surface area contributed by atoms with Crippen molar-refractivity contribution in [1.82, 2.24) is 14.8 Å². The molecule has 0 aliphatic carbocycles. The first kappa shape index (κ1) is 14.7. The Kier molecular flexibility index (Phi) is 3.41. The number of amides is 1. The maximum absolute atomic E-state index is 12.9. The molecule has 2 aliphatic rings. The summed E-state index contributed by atoms with van der Waals surface area (Å²) in [7, 11) is 0. The largest absolute Gasteiger partial charge is 0.356 e. The lowest BCUT2D eigenvalue weighted by atomic mass is 9.93. The summed E-state index contributed by atoms with van der Waals surface area (Å²) < 4.78 is 0. The van der Waals surface area contributed by atoms with Crippen LogP contribution in [-0.4, -0.2) is 38.4 Å². The Morgan fingerprint density at radius 2 is 2.13 bits per heavy atom. The number of benzene rings is 1. The zero-order chi connectivity index (χ0) is 16.1. The van der Waals surface area contributed by atoms with E-state index in [2.05, 4.69) is 41.9 Å². The van der Waals surface area contributed by atoms with Gasteiger partial charge in [0.05, 0.1) is 6.04 Å². The van der Waals surface area contributed by atoms with Crippen LogP contribution in [0.25, 0.3) is 10.9 Å². The molecule has 2 aromatic rings. The van der Waals surface area contributed by atoms with E-state index in [1.165, 1.54) is 16.6 Å². The van der Waals surface area contributed by atoms with Crippen LogP contribution in [0.3, 0.4) is 0 Å². The molecule has 120 valence electrons. The van der Waals surface area contributed by atoms with Gasteiger partial charge in [-0.25, -0.2) is 0 Å². The monoisotopic (exact) mass is 327 g/mol. The van der Waals surface area contributed by atoms with Gasteiger partial charge >= 0.3 is 0 Å². The molecule has 2 atom stereocenters. The molecular formula is C18H21N3OS. The second-order valence-corrected chi connectivity index (χ2v) is 6.86. The molecule has 0 bridgehead atoms. The van der Waals surface area contributed by atoms with Gasteiger partial charge in [0.1, 0.15) is 6.04 Å². The molecule has 1 fully saturated rings. The Balaban J connectivity index is 1.75. The average molecular weight is 327 g/mol. The van der Waals surface area contributed by atoms with Gasteiger partial charge in [0.2, 0.25) is 0 Å². The summed E-state index contributed by atoms with van der Waals surface area (Å²) >= 11 is 5.63. The predicted molar refractivity (Wildman–Crippen MR) is 95.3 cm³/mol. The number of aromatic nitrogens is 1. The van der Waals surface area contributed by atoms with Crippen molar-refractivity contribution in [3.8, 4) is 0 Å². The molecule has 1 aromatic heterocycles. The lowest BCUT2D eigenvalue weighted by Gasteiger charge is -2.35. The van der Waals surface area contributed by atoms with Gasteiger partial charge in [-0.3, -0.25) is 9.69 Å². The third-order valence-electron chi connectivity index (χ3n) is 5.15. The molecule has 1 saturated heterocycles. The zero-order valence-corrected chi connectivity index (χ0v) is 14.3. The second kappa shape index (κ2) is 5.34. The molecule has 0 radical (unpaired) electrons. The molecule has 0 spiro atoms. The molecule has 5 heteroatoms. The van der Waals surface area contributed by atoms with E-state index in [-0.39, 0.29) is 18.0 Å². The number of rotatable bonds is 3. The Morgan fingerprint density at radius 3 is 2.91 bits per heavy atom. The first-order chi connectivity index (χ1) is 11.1. The number of aromatic amines is 1. The molecule has 1 aromatic carbocycles. The van der Waals surface area contributed by atoms with Gasteiger partial charge in [-0.05, 0) is 37.2 Å². The lowest BCUT2D eigenvalue weighted by Crippen LogP contribution is -2.42. The summed E-state index contributed by atoms with van der Waals surface area (Å²) in [5, 5.41) is 1.94. The van der Waals surface area contributed by atoms with E-state index in [1.54, 1.807) is 0 Å². The molecule has 23 heavy (non-hydrogen) atoms. The number of carbonyl (C=O) groups is 1. The fraction of sp³-hybridized carbons (Fsp3) is 0.444. The number of hydrogen-bond acceptors (Lipinski definition) is 2. The normalized spacial score (nSPS) is 23.6. The van der Waals surface area contributed by atoms with E-state index < -0.39 is 0 Å². The van der Waals surface area contributed by atoms with Crippen LogP contribution in [0.15, 0.2) is 24.3 Å².